The molecule has 0 aliphatic rings. The molecule has 0 heterocycles. The monoisotopic (exact) mass is 147 g/mol. The fraction of sp³-hybridized carbons (Fsp3) is 0.500. The first-order chi connectivity index (χ1) is 4.16. The van der Waals surface area contributed by atoms with Gasteiger partial charge in [-0.2, -0.15) is 5.26 Å². The number of rotatable bonds is 2. The van der Waals surface area contributed by atoms with Gasteiger partial charge in [-0.1, -0.05) is 0 Å². The number of hydrogen-bond acceptors (Lipinski definition) is 2. The van der Waals surface area contributed by atoms with Gasteiger partial charge in [0, 0.05) is 6.54 Å². The second-order valence-corrected chi connectivity index (χ2v) is 1.87. The third-order valence-electron chi connectivity index (χ3n) is 0.596. The van der Waals surface area contributed by atoms with Crippen LogP contribution in [0.4, 0.5) is 4.79 Å². The summed E-state index contributed by atoms with van der Waals surface area (Å²) in [5.41, 5.74) is 4.68. The van der Waals surface area contributed by atoms with E-state index in [0.717, 1.165) is 0 Å². The molecular formula is C4H6ClN3O. The molecular weight excluding hydrogens is 142 g/mol. The number of carbonyl (C=O) groups excluding carboxylic acids is 1. The highest BCUT2D eigenvalue weighted by molar-refractivity contribution is 6.22. The summed E-state index contributed by atoms with van der Waals surface area (Å²) in [6, 6.07) is 1.04. The van der Waals surface area contributed by atoms with Crippen molar-refractivity contribution in [3.63, 3.8) is 0 Å². The number of alkyl halides is 1. The third-order valence-corrected chi connectivity index (χ3v) is 0.847. The standard InChI is InChI=1S/C4H6ClN3O/c5-3(1-6)2-8-4(7)9/h3H,2H2,(H3,7,8,9). The SMILES string of the molecule is N#CC(Cl)CNC(N)=O. The van der Waals surface area contributed by atoms with Gasteiger partial charge in [0.05, 0.1) is 6.07 Å². The van der Waals surface area contributed by atoms with Crippen molar-refractivity contribution < 1.29 is 4.79 Å². The minimum atomic E-state index is -0.697. The lowest BCUT2D eigenvalue weighted by Crippen LogP contribution is -2.33. The van der Waals surface area contributed by atoms with Crippen LogP contribution >= 0.6 is 11.6 Å². The normalized spacial score (nSPS) is 11.6. The lowest BCUT2D eigenvalue weighted by molar-refractivity contribution is 0.249. The highest BCUT2D eigenvalue weighted by Gasteiger charge is 2.00. The van der Waals surface area contributed by atoms with Gasteiger partial charge in [-0.05, 0) is 0 Å². The van der Waals surface area contributed by atoms with Crippen LogP contribution in [-0.2, 0) is 0 Å². The summed E-state index contributed by atoms with van der Waals surface area (Å²) in [7, 11) is 0. The highest BCUT2D eigenvalue weighted by Crippen LogP contribution is 1.88. The van der Waals surface area contributed by atoms with E-state index in [1.54, 1.807) is 6.07 Å². The first-order valence-corrected chi connectivity index (χ1v) is 2.67. The predicted octanol–water partition coefficient (Wildman–Crippen LogP) is -0.214. The Morgan fingerprint density at radius 2 is 2.56 bits per heavy atom. The molecule has 0 aliphatic heterocycles. The predicted molar refractivity (Wildman–Crippen MR) is 32.8 cm³/mol. The molecule has 0 aromatic heterocycles. The number of primary amides is 1. The molecule has 50 valence electrons. The summed E-state index contributed by atoms with van der Waals surface area (Å²) in [6.45, 7) is 0.0907. The lowest BCUT2D eigenvalue weighted by Gasteiger charge is -1.98. The maximum absolute atomic E-state index is 9.96. The van der Waals surface area contributed by atoms with E-state index in [-0.39, 0.29) is 6.54 Å². The highest BCUT2D eigenvalue weighted by atomic mass is 35.5. The average molecular weight is 148 g/mol. The number of hydrogen-bond donors (Lipinski definition) is 2. The zero-order valence-electron chi connectivity index (χ0n) is 4.60. The van der Waals surface area contributed by atoms with Crippen molar-refractivity contribution in [3.05, 3.63) is 0 Å². The molecule has 0 saturated heterocycles. The van der Waals surface area contributed by atoms with Crippen molar-refractivity contribution in [3.8, 4) is 6.07 Å². The molecule has 0 radical (unpaired) electrons. The van der Waals surface area contributed by atoms with Crippen LogP contribution in [0.1, 0.15) is 0 Å². The molecule has 0 aromatic carbocycles. The summed E-state index contributed by atoms with van der Waals surface area (Å²) in [5, 5.41) is 9.56. The summed E-state index contributed by atoms with van der Waals surface area (Å²) in [6.07, 6.45) is 0. The zero-order chi connectivity index (χ0) is 7.28. The van der Waals surface area contributed by atoms with E-state index in [9.17, 15) is 4.79 Å². The van der Waals surface area contributed by atoms with Crippen LogP contribution in [0.25, 0.3) is 0 Å². The molecule has 0 bridgehead atoms. The molecule has 3 N–H and O–H groups in total. The number of nitrogens with two attached hydrogens (primary N) is 1. The van der Waals surface area contributed by atoms with E-state index in [1.807, 2.05) is 0 Å². The zero-order valence-corrected chi connectivity index (χ0v) is 5.35. The lowest BCUT2D eigenvalue weighted by atomic mass is 10.5. The molecule has 1 unspecified atom stereocenters. The Kier molecular flexibility index (Phi) is 3.56. The molecule has 0 spiro atoms. The van der Waals surface area contributed by atoms with Gasteiger partial charge < -0.3 is 11.1 Å². The van der Waals surface area contributed by atoms with Gasteiger partial charge in [0.25, 0.3) is 0 Å². The second-order valence-electron chi connectivity index (χ2n) is 1.34. The first-order valence-electron chi connectivity index (χ1n) is 2.24. The van der Waals surface area contributed by atoms with Crippen LogP contribution in [0.3, 0.4) is 0 Å². The average Bonchev–Trinajstić information content (AvgIpc) is 1.83. The third kappa shape index (κ3) is 4.91. The number of nitriles is 1. The Bertz CT molecular complexity index is 141. The van der Waals surface area contributed by atoms with Gasteiger partial charge >= 0.3 is 6.03 Å². The molecule has 0 rings (SSSR count). The number of carbonyl (C=O) groups is 1. The molecule has 4 nitrogen and oxygen atoms in total. The Morgan fingerprint density at radius 3 is 2.89 bits per heavy atom. The number of nitrogens with one attached hydrogen (secondary N) is 1. The summed E-state index contributed by atoms with van der Waals surface area (Å²) < 4.78 is 0. The van der Waals surface area contributed by atoms with E-state index in [2.05, 4.69) is 11.1 Å². The van der Waals surface area contributed by atoms with Crippen LogP contribution in [0.5, 0.6) is 0 Å². The topological polar surface area (TPSA) is 78.9 Å². The van der Waals surface area contributed by atoms with E-state index >= 15 is 0 Å². The maximum Gasteiger partial charge on any atom is 0.312 e. The van der Waals surface area contributed by atoms with Crippen molar-refractivity contribution in [2.24, 2.45) is 5.73 Å². The molecule has 0 aliphatic carbocycles. The Hall–Kier alpha value is -0.950. The molecule has 0 aromatic rings. The number of amides is 2. The van der Waals surface area contributed by atoms with Crippen LogP contribution < -0.4 is 11.1 Å². The molecule has 2 amide bonds. The molecule has 5 heteroatoms. The number of nitrogens with zero attached hydrogens (tertiary/aromatic N) is 1. The minimum absolute atomic E-state index is 0.0907. The van der Waals surface area contributed by atoms with Gasteiger partial charge in [-0.3, -0.25) is 0 Å². The van der Waals surface area contributed by atoms with Crippen molar-refractivity contribution in [2.75, 3.05) is 6.54 Å². The van der Waals surface area contributed by atoms with Crippen molar-refractivity contribution in [1.29, 1.82) is 5.26 Å². The van der Waals surface area contributed by atoms with E-state index in [4.69, 9.17) is 16.9 Å². The Morgan fingerprint density at radius 1 is 2.00 bits per heavy atom. The quantitative estimate of drug-likeness (QED) is 0.530. The van der Waals surface area contributed by atoms with Gasteiger partial charge in [0.2, 0.25) is 0 Å². The van der Waals surface area contributed by atoms with Crippen LogP contribution in [0, 0.1) is 11.3 Å². The van der Waals surface area contributed by atoms with Gasteiger partial charge in [-0.15, -0.1) is 11.6 Å². The minimum Gasteiger partial charge on any atom is -0.352 e. The second kappa shape index (κ2) is 3.98. The van der Waals surface area contributed by atoms with Crippen molar-refractivity contribution in [1.82, 2.24) is 5.32 Å². The Balaban J connectivity index is 3.30. The summed E-state index contributed by atoms with van der Waals surface area (Å²) in [4.78, 5) is 9.96. The first kappa shape index (κ1) is 8.05. The van der Waals surface area contributed by atoms with Crippen LogP contribution in [0.2, 0.25) is 0 Å². The van der Waals surface area contributed by atoms with E-state index < -0.39 is 11.4 Å². The van der Waals surface area contributed by atoms with Crippen LogP contribution in [-0.4, -0.2) is 18.0 Å². The van der Waals surface area contributed by atoms with Gasteiger partial charge in [-0.25, -0.2) is 4.79 Å². The molecule has 9 heavy (non-hydrogen) atoms. The van der Waals surface area contributed by atoms with Crippen LogP contribution in [0.15, 0.2) is 0 Å². The largest absolute Gasteiger partial charge is 0.352 e. The van der Waals surface area contributed by atoms with Gasteiger partial charge in [0.1, 0.15) is 5.38 Å². The number of halogens is 1. The number of urea groups is 1. The smallest absolute Gasteiger partial charge is 0.312 e. The maximum atomic E-state index is 9.96. The molecule has 1 atom stereocenters. The van der Waals surface area contributed by atoms with Gasteiger partial charge in [0.15, 0.2) is 0 Å². The van der Waals surface area contributed by atoms with Crippen molar-refractivity contribution >= 4 is 17.6 Å². The molecule has 0 fully saturated rings. The van der Waals surface area contributed by atoms with E-state index in [0.29, 0.717) is 0 Å². The molecule has 0 saturated carbocycles. The fourth-order valence-corrected chi connectivity index (χ4v) is 0.313. The summed E-state index contributed by atoms with van der Waals surface area (Å²) in [5.74, 6) is 0. The fourth-order valence-electron chi connectivity index (χ4n) is 0.236. The Labute approximate surface area is 57.6 Å². The van der Waals surface area contributed by atoms with Crippen molar-refractivity contribution in [2.45, 2.75) is 5.38 Å². The summed E-state index contributed by atoms with van der Waals surface area (Å²) >= 11 is 5.28. The van der Waals surface area contributed by atoms with E-state index in [1.165, 1.54) is 0 Å².